The first-order valence-electron chi connectivity index (χ1n) is 5.11. The number of rotatable bonds is 3. The molecule has 0 radical (unpaired) electrons. The molecule has 1 atom stereocenters. The second kappa shape index (κ2) is 5.31. The summed E-state index contributed by atoms with van der Waals surface area (Å²) in [6, 6.07) is 5.81. The van der Waals surface area contributed by atoms with Crippen LogP contribution in [0.25, 0.3) is 0 Å². The summed E-state index contributed by atoms with van der Waals surface area (Å²) in [5.41, 5.74) is 1.98. The van der Waals surface area contributed by atoms with E-state index in [4.69, 9.17) is 0 Å². The second-order valence-corrected chi connectivity index (χ2v) is 4.62. The van der Waals surface area contributed by atoms with E-state index >= 15 is 0 Å². The van der Waals surface area contributed by atoms with E-state index in [9.17, 15) is 4.79 Å². The van der Waals surface area contributed by atoms with Crippen molar-refractivity contribution >= 4 is 27.5 Å². The lowest BCUT2D eigenvalue weighted by molar-refractivity contribution is -0.119. The topological polar surface area (TPSA) is 29.1 Å². The van der Waals surface area contributed by atoms with Crippen molar-refractivity contribution in [2.75, 3.05) is 5.32 Å². The normalized spacial score (nSPS) is 12.3. The molecule has 0 heterocycles. The largest absolute Gasteiger partial charge is 0.326 e. The Morgan fingerprint density at radius 2 is 2.20 bits per heavy atom. The van der Waals surface area contributed by atoms with E-state index in [0.29, 0.717) is 0 Å². The summed E-state index contributed by atoms with van der Waals surface area (Å²) < 4.78 is 1.06. The Balaban J connectivity index is 2.73. The second-order valence-electron chi connectivity index (χ2n) is 3.76. The van der Waals surface area contributed by atoms with Gasteiger partial charge in [0.1, 0.15) is 0 Å². The molecule has 0 aliphatic heterocycles. The van der Waals surface area contributed by atoms with Gasteiger partial charge in [-0.1, -0.05) is 29.8 Å². The van der Waals surface area contributed by atoms with Gasteiger partial charge in [0.2, 0.25) is 5.91 Å². The maximum absolute atomic E-state index is 11.6. The molecule has 0 saturated carbocycles. The minimum Gasteiger partial charge on any atom is -0.326 e. The van der Waals surface area contributed by atoms with Crippen LogP contribution in [0, 0.1) is 12.8 Å². The van der Waals surface area contributed by atoms with Crippen LogP contribution in [0.2, 0.25) is 0 Å². The molecule has 1 aromatic rings. The maximum atomic E-state index is 11.6. The van der Waals surface area contributed by atoms with Gasteiger partial charge in [0, 0.05) is 16.1 Å². The van der Waals surface area contributed by atoms with Crippen molar-refractivity contribution in [2.24, 2.45) is 5.92 Å². The van der Waals surface area contributed by atoms with E-state index in [1.54, 1.807) is 0 Å². The number of hydrogen-bond donors (Lipinski definition) is 1. The molecule has 0 aliphatic rings. The number of anilines is 1. The lowest BCUT2D eigenvalue weighted by atomic mass is 10.1. The van der Waals surface area contributed by atoms with Gasteiger partial charge in [-0.3, -0.25) is 4.79 Å². The molecule has 0 bridgehead atoms. The summed E-state index contributed by atoms with van der Waals surface area (Å²) in [6.45, 7) is 5.95. The Hall–Kier alpha value is -0.830. The van der Waals surface area contributed by atoms with Crippen LogP contribution in [-0.2, 0) is 4.79 Å². The zero-order valence-electron chi connectivity index (χ0n) is 9.30. The van der Waals surface area contributed by atoms with Crippen molar-refractivity contribution in [3.8, 4) is 0 Å². The SMILES string of the molecule is CCC(C)C(=O)Nc1ccc(Br)c(C)c1. The van der Waals surface area contributed by atoms with Gasteiger partial charge in [0.05, 0.1) is 0 Å². The van der Waals surface area contributed by atoms with Crippen LogP contribution in [0.5, 0.6) is 0 Å². The van der Waals surface area contributed by atoms with Gasteiger partial charge in [0.15, 0.2) is 0 Å². The molecule has 82 valence electrons. The maximum Gasteiger partial charge on any atom is 0.227 e. The number of amides is 1. The molecular weight excluding hydrogens is 254 g/mol. The van der Waals surface area contributed by atoms with E-state index in [1.165, 1.54) is 0 Å². The number of aryl methyl sites for hydroxylation is 1. The highest BCUT2D eigenvalue weighted by atomic mass is 79.9. The number of carbonyl (C=O) groups excluding carboxylic acids is 1. The molecule has 1 amide bonds. The van der Waals surface area contributed by atoms with Gasteiger partial charge in [-0.15, -0.1) is 0 Å². The molecule has 2 nitrogen and oxygen atoms in total. The van der Waals surface area contributed by atoms with E-state index in [2.05, 4.69) is 21.2 Å². The van der Waals surface area contributed by atoms with Crippen LogP contribution in [0.1, 0.15) is 25.8 Å². The van der Waals surface area contributed by atoms with Gasteiger partial charge in [0.25, 0.3) is 0 Å². The third-order valence-corrected chi connectivity index (χ3v) is 3.38. The van der Waals surface area contributed by atoms with Crippen LogP contribution in [0.3, 0.4) is 0 Å². The van der Waals surface area contributed by atoms with E-state index in [1.807, 2.05) is 39.0 Å². The Labute approximate surface area is 99.2 Å². The molecule has 0 fully saturated rings. The number of carbonyl (C=O) groups is 1. The van der Waals surface area contributed by atoms with Crippen molar-refractivity contribution < 1.29 is 4.79 Å². The summed E-state index contributed by atoms with van der Waals surface area (Å²) in [5, 5.41) is 2.90. The zero-order chi connectivity index (χ0) is 11.4. The molecule has 15 heavy (non-hydrogen) atoms. The Bertz CT molecular complexity index is 363. The molecule has 1 N–H and O–H groups in total. The lowest BCUT2D eigenvalue weighted by Crippen LogP contribution is -2.19. The van der Waals surface area contributed by atoms with Gasteiger partial charge in [-0.05, 0) is 37.1 Å². The minimum absolute atomic E-state index is 0.0638. The van der Waals surface area contributed by atoms with Crippen LogP contribution >= 0.6 is 15.9 Å². The first kappa shape index (κ1) is 12.2. The van der Waals surface area contributed by atoms with Crippen molar-refractivity contribution in [3.05, 3.63) is 28.2 Å². The first-order valence-corrected chi connectivity index (χ1v) is 5.91. The number of hydrogen-bond acceptors (Lipinski definition) is 1. The van der Waals surface area contributed by atoms with Gasteiger partial charge >= 0.3 is 0 Å². The summed E-state index contributed by atoms with van der Waals surface area (Å²) in [4.78, 5) is 11.6. The molecule has 1 rings (SSSR count). The van der Waals surface area contributed by atoms with Crippen LogP contribution in [0.4, 0.5) is 5.69 Å². The highest BCUT2D eigenvalue weighted by Gasteiger charge is 2.10. The summed E-state index contributed by atoms with van der Waals surface area (Å²) >= 11 is 3.43. The fourth-order valence-corrected chi connectivity index (χ4v) is 1.42. The van der Waals surface area contributed by atoms with Gasteiger partial charge in [-0.2, -0.15) is 0 Å². The molecule has 3 heteroatoms. The van der Waals surface area contributed by atoms with Crippen molar-refractivity contribution in [1.29, 1.82) is 0 Å². The number of benzene rings is 1. The Kier molecular flexibility index (Phi) is 4.33. The average molecular weight is 270 g/mol. The standard InChI is InChI=1S/C12H16BrNO/c1-4-8(2)12(15)14-10-5-6-11(13)9(3)7-10/h5-8H,4H2,1-3H3,(H,14,15). The molecule has 0 aromatic heterocycles. The molecular formula is C12H16BrNO. The zero-order valence-corrected chi connectivity index (χ0v) is 10.9. The van der Waals surface area contributed by atoms with Crippen molar-refractivity contribution in [2.45, 2.75) is 27.2 Å². The smallest absolute Gasteiger partial charge is 0.227 e. The van der Waals surface area contributed by atoms with Crippen LogP contribution in [-0.4, -0.2) is 5.91 Å². The lowest BCUT2D eigenvalue weighted by Gasteiger charge is -2.10. The third-order valence-electron chi connectivity index (χ3n) is 2.49. The molecule has 0 spiro atoms. The molecule has 0 aliphatic carbocycles. The highest BCUT2D eigenvalue weighted by molar-refractivity contribution is 9.10. The highest BCUT2D eigenvalue weighted by Crippen LogP contribution is 2.20. The fraction of sp³-hybridized carbons (Fsp3) is 0.417. The van der Waals surface area contributed by atoms with Gasteiger partial charge in [-0.25, -0.2) is 0 Å². The number of halogens is 1. The average Bonchev–Trinajstić information content (AvgIpc) is 2.22. The monoisotopic (exact) mass is 269 g/mol. The first-order chi connectivity index (χ1) is 7.04. The molecule has 1 unspecified atom stereocenters. The Morgan fingerprint density at radius 1 is 1.53 bits per heavy atom. The third kappa shape index (κ3) is 3.34. The Morgan fingerprint density at radius 3 is 2.73 bits per heavy atom. The van der Waals surface area contributed by atoms with Crippen molar-refractivity contribution in [3.63, 3.8) is 0 Å². The minimum atomic E-state index is 0.0638. The van der Waals surface area contributed by atoms with E-state index in [0.717, 1.165) is 22.1 Å². The summed E-state index contributed by atoms with van der Waals surface area (Å²) in [6.07, 6.45) is 0.862. The predicted octanol–water partition coefficient (Wildman–Crippen LogP) is 3.74. The van der Waals surface area contributed by atoms with E-state index < -0.39 is 0 Å². The summed E-state index contributed by atoms with van der Waals surface area (Å²) in [7, 11) is 0. The molecule has 1 aromatic carbocycles. The summed E-state index contributed by atoms with van der Waals surface area (Å²) in [5.74, 6) is 0.146. The van der Waals surface area contributed by atoms with Crippen molar-refractivity contribution in [1.82, 2.24) is 0 Å². The molecule has 0 saturated heterocycles. The van der Waals surface area contributed by atoms with Crippen LogP contribution < -0.4 is 5.32 Å². The fourth-order valence-electron chi connectivity index (χ4n) is 1.17. The van der Waals surface area contributed by atoms with Gasteiger partial charge < -0.3 is 5.32 Å². The quantitative estimate of drug-likeness (QED) is 0.890. The number of nitrogens with one attached hydrogen (secondary N) is 1. The van der Waals surface area contributed by atoms with Crippen LogP contribution in [0.15, 0.2) is 22.7 Å². The van der Waals surface area contributed by atoms with E-state index in [-0.39, 0.29) is 11.8 Å². The predicted molar refractivity (Wildman–Crippen MR) is 67.0 cm³/mol.